The normalized spacial score (nSPS) is 25.5. The number of hydrogen-bond acceptors (Lipinski definition) is 1. The van der Waals surface area contributed by atoms with Gasteiger partial charge in [-0.2, -0.15) is 0 Å². The van der Waals surface area contributed by atoms with E-state index in [9.17, 15) is 4.79 Å². The standard InChI is InChI=1S/C13H23NO/c1-13(7-3-4-8-13)11-12(15)14-9-5-2-6-10-14/h2-11H2,1H3. The monoisotopic (exact) mass is 209 g/mol. The predicted octanol–water partition coefficient (Wildman–Crippen LogP) is 2.97. The third-order valence-corrected chi connectivity index (χ3v) is 4.10. The third kappa shape index (κ3) is 2.73. The Labute approximate surface area is 93.0 Å². The smallest absolute Gasteiger partial charge is 0.223 e. The minimum absolute atomic E-state index is 0.328. The molecule has 86 valence electrons. The SMILES string of the molecule is CC1(CC(=O)N2CCCCC2)CCCC1. The summed E-state index contributed by atoms with van der Waals surface area (Å²) in [5, 5.41) is 0. The predicted molar refractivity (Wildman–Crippen MR) is 61.6 cm³/mol. The molecule has 2 nitrogen and oxygen atoms in total. The molecule has 2 aliphatic rings. The van der Waals surface area contributed by atoms with E-state index < -0.39 is 0 Å². The highest BCUT2D eigenvalue weighted by atomic mass is 16.2. The minimum atomic E-state index is 0.328. The summed E-state index contributed by atoms with van der Waals surface area (Å²) in [6.07, 6.45) is 9.69. The summed E-state index contributed by atoms with van der Waals surface area (Å²) in [6, 6.07) is 0. The fraction of sp³-hybridized carbons (Fsp3) is 0.923. The molecule has 1 amide bonds. The van der Waals surface area contributed by atoms with Gasteiger partial charge in [0.2, 0.25) is 5.91 Å². The average Bonchev–Trinajstić information content (AvgIpc) is 2.66. The topological polar surface area (TPSA) is 20.3 Å². The van der Waals surface area contributed by atoms with Gasteiger partial charge < -0.3 is 4.90 Å². The molecule has 1 aliphatic carbocycles. The van der Waals surface area contributed by atoms with E-state index in [1.807, 2.05) is 0 Å². The Balaban J connectivity index is 1.85. The lowest BCUT2D eigenvalue weighted by atomic mass is 9.84. The van der Waals surface area contributed by atoms with E-state index in [-0.39, 0.29) is 0 Å². The van der Waals surface area contributed by atoms with Gasteiger partial charge in [0.15, 0.2) is 0 Å². The number of amides is 1. The van der Waals surface area contributed by atoms with Crippen molar-refractivity contribution in [2.45, 2.75) is 58.3 Å². The van der Waals surface area contributed by atoms with Gasteiger partial charge in [0.05, 0.1) is 0 Å². The fourth-order valence-electron chi connectivity index (χ4n) is 3.03. The van der Waals surface area contributed by atoms with Crippen molar-refractivity contribution in [3.63, 3.8) is 0 Å². The summed E-state index contributed by atoms with van der Waals surface area (Å²) >= 11 is 0. The van der Waals surface area contributed by atoms with Gasteiger partial charge >= 0.3 is 0 Å². The van der Waals surface area contributed by atoms with E-state index >= 15 is 0 Å². The fourth-order valence-corrected chi connectivity index (χ4v) is 3.03. The Kier molecular flexibility index (Phi) is 3.32. The summed E-state index contributed by atoms with van der Waals surface area (Å²) < 4.78 is 0. The molecule has 0 atom stereocenters. The van der Waals surface area contributed by atoms with Crippen molar-refractivity contribution < 1.29 is 4.79 Å². The Morgan fingerprint density at radius 1 is 1.07 bits per heavy atom. The van der Waals surface area contributed by atoms with E-state index in [2.05, 4.69) is 11.8 Å². The van der Waals surface area contributed by atoms with Crippen LogP contribution in [0.1, 0.15) is 58.3 Å². The molecule has 0 aromatic heterocycles. The van der Waals surface area contributed by atoms with E-state index in [0.29, 0.717) is 11.3 Å². The Bertz CT molecular complexity index is 225. The van der Waals surface area contributed by atoms with Crippen molar-refractivity contribution in [2.75, 3.05) is 13.1 Å². The zero-order valence-electron chi connectivity index (χ0n) is 9.93. The summed E-state index contributed by atoms with van der Waals surface area (Å²) in [4.78, 5) is 14.2. The summed E-state index contributed by atoms with van der Waals surface area (Å²) in [5.41, 5.74) is 0.328. The highest BCUT2D eigenvalue weighted by Gasteiger charge is 2.32. The second-order valence-electron chi connectivity index (χ2n) is 5.64. The Hall–Kier alpha value is -0.530. The van der Waals surface area contributed by atoms with Crippen LogP contribution in [-0.2, 0) is 4.79 Å². The highest BCUT2D eigenvalue weighted by molar-refractivity contribution is 5.77. The van der Waals surface area contributed by atoms with Crippen LogP contribution in [0.4, 0.5) is 0 Å². The van der Waals surface area contributed by atoms with Gasteiger partial charge in [-0.05, 0) is 37.5 Å². The van der Waals surface area contributed by atoms with Crippen molar-refractivity contribution >= 4 is 5.91 Å². The first-order chi connectivity index (χ1) is 7.20. The second kappa shape index (κ2) is 4.54. The van der Waals surface area contributed by atoms with Crippen molar-refractivity contribution in [1.82, 2.24) is 4.90 Å². The van der Waals surface area contributed by atoms with Crippen LogP contribution in [0.3, 0.4) is 0 Å². The number of likely N-dealkylation sites (tertiary alicyclic amines) is 1. The first kappa shape index (κ1) is 11.0. The molecule has 2 heteroatoms. The lowest BCUT2D eigenvalue weighted by Gasteiger charge is -2.31. The number of nitrogens with zero attached hydrogens (tertiary/aromatic N) is 1. The van der Waals surface area contributed by atoms with E-state index in [1.54, 1.807) is 0 Å². The van der Waals surface area contributed by atoms with Gasteiger partial charge in [0, 0.05) is 19.5 Å². The molecular formula is C13H23NO. The Morgan fingerprint density at radius 3 is 2.27 bits per heavy atom. The van der Waals surface area contributed by atoms with Crippen molar-refractivity contribution in [3.05, 3.63) is 0 Å². The molecular weight excluding hydrogens is 186 g/mol. The molecule has 0 spiro atoms. The number of hydrogen-bond donors (Lipinski definition) is 0. The molecule has 1 saturated carbocycles. The van der Waals surface area contributed by atoms with Crippen LogP contribution < -0.4 is 0 Å². The second-order valence-corrected chi connectivity index (χ2v) is 5.64. The quantitative estimate of drug-likeness (QED) is 0.684. The molecule has 0 aromatic carbocycles. The maximum absolute atomic E-state index is 12.1. The first-order valence-electron chi connectivity index (χ1n) is 6.47. The number of carbonyl (C=O) groups excluding carboxylic acids is 1. The lowest BCUT2D eigenvalue weighted by molar-refractivity contribution is -0.134. The van der Waals surface area contributed by atoms with Gasteiger partial charge in [-0.1, -0.05) is 19.8 Å². The molecule has 0 aromatic rings. The maximum atomic E-state index is 12.1. The minimum Gasteiger partial charge on any atom is -0.343 e. The van der Waals surface area contributed by atoms with Crippen molar-refractivity contribution in [1.29, 1.82) is 0 Å². The third-order valence-electron chi connectivity index (χ3n) is 4.10. The molecule has 0 unspecified atom stereocenters. The van der Waals surface area contributed by atoms with Crippen LogP contribution in [0.25, 0.3) is 0 Å². The van der Waals surface area contributed by atoms with Crippen LogP contribution in [0.2, 0.25) is 0 Å². The van der Waals surface area contributed by atoms with Gasteiger partial charge in [0.1, 0.15) is 0 Å². The maximum Gasteiger partial charge on any atom is 0.223 e. The van der Waals surface area contributed by atoms with Gasteiger partial charge in [-0.25, -0.2) is 0 Å². The first-order valence-corrected chi connectivity index (χ1v) is 6.47. The average molecular weight is 209 g/mol. The van der Waals surface area contributed by atoms with Crippen LogP contribution in [0.5, 0.6) is 0 Å². The molecule has 2 rings (SSSR count). The van der Waals surface area contributed by atoms with Crippen molar-refractivity contribution in [2.24, 2.45) is 5.41 Å². The summed E-state index contributed by atoms with van der Waals surface area (Å²) in [5.74, 6) is 0.416. The van der Waals surface area contributed by atoms with Crippen LogP contribution in [0, 0.1) is 5.41 Å². The lowest BCUT2D eigenvalue weighted by Crippen LogP contribution is -2.37. The van der Waals surface area contributed by atoms with Crippen molar-refractivity contribution in [3.8, 4) is 0 Å². The number of rotatable bonds is 2. The van der Waals surface area contributed by atoms with Crippen LogP contribution in [-0.4, -0.2) is 23.9 Å². The molecule has 0 bridgehead atoms. The number of carbonyl (C=O) groups is 1. The largest absolute Gasteiger partial charge is 0.343 e. The molecule has 15 heavy (non-hydrogen) atoms. The van der Waals surface area contributed by atoms with Crippen LogP contribution in [0.15, 0.2) is 0 Å². The highest BCUT2D eigenvalue weighted by Crippen LogP contribution is 2.40. The van der Waals surface area contributed by atoms with E-state index in [4.69, 9.17) is 0 Å². The summed E-state index contributed by atoms with van der Waals surface area (Å²) in [7, 11) is 0. The number of piperidine rings is 1. The van der Waals surface area contributed by atoms with Gasteiger partial charge in [0.25, 0.3) is 0 Å². The zero-order chi connectivity index (χ0) is 10.7. The zero-order valence-corrected chi connectivity index (χ0v) is 9.93. The van der Waals surface area contributed by atoms with E-state index in [0.717, 1.165) is 19.5 Å². The van der Waals surface area contributed by atoms with Crippen LogP contribution >= 0.6 is 0 Å². The Morgan fingerprint density at radius 2 is 1.67 bits per heavy atom. The molecule has 1 saturated heterocycles. The van der Waals surface area contributed by atoms with Gasteiger partial charge in [-0.15, -0.1) is 0 Å². The molecule has 2 fully saturated rings. The molecule has 1 aliphatic heterocycles. The van der Waals surface area contributed by atoms with Gasteiger partial charge in [-0.3, -0.25) is 4.79 Å². The summed E-state index contributed by atoms with van der Waals surface area (Å²) in [6.45, 7) is 4.31. The molecule has 0 N–H and O–H groups in total. The molecule has 0 radical (unpaired) electrons. The van der Waals surface area contributed by atoms with E-state index in [1.165, 1.54) is 44.9 Å². The molecule has 1 heterocycles.